The first-order chi connectivity index (χ1) is 12.2. The van der Waals surface area contributed by atoms with Gasteiger partial charge in [-0.15, -0.1) is 0 Å². The van der Waals surface area contributed by atoms with Gasteiger partial charge in [-0.2, -0.15) is 0 Å². The lowest BCUT2D eigenvalue weighted by Gasteiger charge is -2.37. The molecule has 6 heteroatoms. The second-order valence-corrected chi connectivity index (χ2v) is 8.21. The van der Waals surface area contributed by atoms with Crippen LogP contribution >= 0.6 is 0 Å². The molecular formula is C20H39FN2O3. The van der Waals surface area contributed by atoms with Crippen molar-refractivity contribution in [1.29, 1.82) is 0 Å². The number of carbonyl (C=O) groups is 1. The highest BCUT2D eigenvalue weighted by molar-refractivity contribution is 5.77. The van der Waals surface area contributed by atoms with E-state index in [4.69, 9.17) is 9.47 Å². The second-order valence-electron chi connectivity index (χ2n) is 8.21. The summed E-state index contributed by atoms with van der Waals surface area (Å²) in [7, 11) is 7.33. The SMILES string of the molecule is CCC(C)C(C(CC(=O)N1CC(F)CC1C(OC)C(C)C)OC)N(C)C. The molecule has 26 heavy (non-hydrogen) atoms. The standard InChI is InChI=1S/C20H39FN2O3/c1-9-14(4)19(22(5)6)17(25-7)11-18(24)23-12-15(21)10-16(23)20(26-8)13(2)3/h13-17,19-20H,9-12H2,1-8H3. The van der Waals surface area contributed by atoms with Crippen LogP contribution in [0.4, 0.5) is 4.39 Å². The minimum atomic E-state index is -0.986. The number of halogens is 1. The Balaban J connectivity index is 2.94. The predicted octanol–water partition coefficient (Wildman–Crippen LogP) is 2.98. The fourth-order valence-electron chi connectivity index (χ4n) is 4.37. The van der Waals surface area contributed by atoms with Gasteiger partial charge in [0.15, 0.2) is 0 Å². The van der Waals surface area contributed by atoms with E-state index >= 15 is 0 Å². The molecule has 0 aliphatic carbocycles. The molecule has 1 rings (SSSR count). The number of rotatable bonds is 10. The molecule has 6 atom stereocenters. The minimum Gasteiger partial charge on any atom is -0.379 e. The lowest BCUT2D eigenvalue weighted by molar-refractivity contribution is -0.139. The molecule has 6 unspecified atom stereocenters. The number of ether oxygens (including phenoxy) is 2. The Kier molecular flexibility index (Phi) is 9.48. The smallest absolute Gasteiger partial charge is 0.225 e. The van der Waals surface area contributed by atoms with Gasteiger partial charge in [0.25, 0.3) is 0 Å². The number of nitrogens with zero attached hydrogens (tertiary/aromatic N) is 2. The van der Waals surface area contributed by atoms with Gasteiger partial charge in [-0.05, 0) is 25.9 Å². The van der Waals surface area contributed by atoms with E-state index in [-0.39, 0.29) is 49.1 Å². The molecule has 1 aliphatic rings. The highest BCUT2D eigenvalue weighted by Gasteiger charge is 2.42. The zero-order valence-electron chi connectivity index (χ0n) is 17.9. The summed E-state index contributed by atoms with van der Waals surface area (Å²) in [4.78, 5) is 16.9. The van der Waals surface area contributed by atoms with E-state index < -0.39 is 6.17 Å². The Bertz CT molecular complexity index is 433. The number of carbonyl (C=O) groups excluding carboxylic acids is 1. The van der Waals surface area contributed by atoms with Crippen LogP contribution in [0.5, 0.6) is 0 Å². The quantitative estimate of drug-likeness (QED) is 0.590. The number of likely N-dealkylation sites (tertiary alicyclic amines) is 1. The molecule has 0 aromatic rings. The van der Waals surface area contributed by atoms with Gasteiger partial charge in [-0.1, -0.05) is 34.1 Å². The van der Waals surface area contributed by atoms with E-state index in [0.29, 0.717) is 12.3 Å². The van der Waals surface area contributed by atoms with Crippen LogP contribution in [0, 0.1) is 11.8 Å². The lowest BCUT2D eigenvalue weighted by atomic mass is 9.91. The fourth-order valence-corrected chi connectivity index (χ4v) is 4.37. The molecule has 0 spiro atoms. The maximum atomic E-state index is 14.1. The Morgan fingerprint density at radius 1 is 1.23 bits per heavy atom. The van der Waals surface area contributed by atoms with Crippen molar-refractivity contribution in [2.24, 2.45) is 11.8 Å². The largest absolute Gasteiger partial charge is 0.379 e. The maximum absolute atomic E-state index is 14.1. The number of methoxy groups -OCH3 is 2. The Morgan fingerprint density at radius 2 is 1.85 bits per heavy atom. The molecule has 1 heterocycles. The van der Waals surface area contributed by atoms with Gasteiger partial charge in [0.1, 0.15) is 6.17 Å². The first-order valence-electron chi connectivity index (χ1n) is 9.83. The van der Waals surface area contributed by atoms with Crippen molar-refractivity contribution in [1.82, 2.24) is 9.80 Å². The van der Waals surface area contributed by atoms with Crippen LogP contribution in [-0.2, 0) is 14.3 Å². The maximum Gasteiger partial charge on any atom is 0.225 e. The van der Waals surface area contributed by atoms with Gasteiger partial charge in [0.2, 0.25) is 5.91 Å². The van der Waals surface area contributed by atoms with E-state index in [9.17, 15) is 9.18 Å². The number of alkyl halides is 1. The van der Waals surface area contributed by atoms with Crippen molar-refractivity contribution in [3.8, 4) is 0 Å². The van der Waals surface area contributed by atoms with E-state index in [1.54, 1.807) is 19.1 Å². The summed E-state index contributed by atoms with van der Waals surface area (Å²) in [6, 6.07) is -0.0686. The highest BCUT2D eigenvalue weighted by Crippen LogP contribution is 2.29. The number of likely N-dealkylation sites (N-methyl/N-ethyl adjacent to an activating group) is 1. The van der Waals surface area contributed by atoms with Crippen molar-refractivity contribution >= 4 is 5.91 Å². The molecule has 0 bridgehead atoms. The minimum absolute atomic E-state index is 0.0418. The van der Waals surface area contributed by atoms with E-state index in [1.807, 2.05) is 27.9 Å². The molecule has 0 radical (unpaired) electrons. The van der Waals surface area contributed by atoms with Crippen molar-refractivity contribution in [3.05, 3.63) is 0 Å². The first-order valence-corrected chi connectivity index (χ1v) is 9.83. The number of hydrogen-bond acceptors (Lipinski definition) is 4. The molecule has 1 amide bonds. The summed E-state index contributed by atoms with van der Waals surface area (Å²) in [5, 5.41) is 0. The summed E-state index contributed by atoms with van der Waals surface area (Å²) in [5.41, 5.74) is 0. The van der Waals surface area contributed by atoms with Crippen LogP contribution < -0.4 is 0 Å². The van der Waals surface area contributed by atoms with Crippen LogP contribution in [0.2, 0.25) is 0 Å². The third kappa shape index (κ3) is 5.64. The molecule has 0 saturated carbocycles. The normalized spacial score (nSPS) is 25.6. The Hall–Kier alpha value is -0.720. The van der Waals surface area contributed by atoms with Gasteiger partial charge in [-0.3, -0.25) is 4.79 Å². The van der Waals surface area contributed by atoms with Gasteiger partial charge in [0, 0.05) is 26.7 Å². The fraction of sp³-hybridized carbons (Fsp3) is 0.950. The van der Waals surface area contributed by atoms with Crippen LogP contribution in [0.1, 0.15) is 47.0 Å². The third-order valence-corrected chi connectivity index (χ3v) is 5.80. The van der Waals surface area contributed by atoms with Crippen molar-refractivity contribution in [2.75, 3.05) is 34.9 Å². The van der Waals surface area contributed by atoms with E-state index in [1.165, 1.54) is 0 Å². The average Bonchev–Trinajstić information content (AvgIpc) is 2.95. The molecule has 0 aromatic carbocycles. The van der Waals surface area contributed by atoms with Crippen LogP contribution in [-0.4, -0.2) is 81.0 Å². The highest BCUT2D eigenvalue weighted by atomic mass is 19.1. The monoisotopic (exact) mass is 374 g/mol. The average molecular weight is 375 g/mol. The second kappa shape index (κ2) is 10.6. The Morgan fingerprint density at radius 3 is 2.27 bits per heavy atom. The summed E-state index contributed by atoms with van der Waals surface area (Å²) in [6.07, 6.45) is 0.269. The zero-order chi connectivity index (χ0) is 20.0. The summed E-state index contributed by atoms with van der Waals surface area (Å²) in [5.74, 6) is 0.576. The molecule has 1 saturated heterocycles. The van der Waals surface area contributed by atoms with E-state index in [2.05, 4.69) is 18.7 Å². The van der Waals surface area contributed by atoms with Gasteiger partial charge < -0.3 is 19.3 Å². The van der Waals surface area contributed by atoms with E-state index in [0.717, 1.165) is 6.42 Å². The molecule has 1 aliphatic heterocycles. The van der Waals surface area contributed by atoms with Gasteiger partial charge >= 0.3 is 0 Å². The topological polar surface area (TPSA) is 42.0 Å². The number of hydrogen-bond donors (Lipinski definition) is 0. The predicted molar refractivity (Wildman–Crippen MR) is 103 cm³/mol. The van der Waals surface area contributed by atoms with Crippen LogP contribution in [0.25, 0.3) is 0 Å². The molecule has 5 nitrogen and oxygen atoms in total. The third-order valence-electron chi connectivity index (χ3n) is 5.80. The number of amides is 1. The summed E-state index contributed by atoms with van der Waals surface area (Å²) in [6.45, 7) is 8.57. The van der Waals surface area contributed by atoms with Crippen molar-refractivity contribution < 1.29 is 18.7 Å². The lowest BCUT2D eigenvalue weighted by Crippen LogP contribution is -2.50. The molecule has 0 N–H and O–H groups in total. The van der Waals surface area contributed by atoms with Gasteiger partial charge in [-0.25, -0.2) is 4.39 Å². The van der Waals surface area contributed by atoms with Crippen molar-refractivity contribution in [3.63, 3.8) is 0 Å². The molecule has 0 aromatic heterocycles. The van der Waals surface area contributed by atoms with Crippen LogP contribution in [0.3, 0.4) is 0 Å². The molecule has 154 valence electrons. The van der Waals surface area contributed by atoms with Crippen molar-refractivity contribution in [2.45, 2.75) is 77.4 Å². The summed E-state index contributed by atoms with van der Waals surface area (Å²) >= 11 is 0. The summed E-state index contributed by atoms with van der Waals surface area (Å²) < 4.78 is 25.5. The van der Waals surface area contributed by atoms with Crippen LogP contribution in [0.15, 0.2) is 0 Å². The first kappa shape index (κ1) is 23.3. The van der Waals surface area contributed by atoms with Gasteiger partial charge in [0.05, 0.1) is 31.2 Å². The zero-order valence-corrected chi connectivity index (χ0v) is 17.9. The molecule has 1 fully saturated rings. The Labute approximate surface area is 159 Å². The molecular weight excluding hydrogens is 335 g/mol.